The smallest absolute Gasteiger partial charge is 0.337 e. The molecule has 0 radical (unpaired) electrons. The van der Waals surface area contributed by atoms with E-state index in [9.17, 15) is 9.90 Å². The highest BCUT2D eigenvalue weighted by Gasteiger charge is 2.21. The third kappa shape index (κ3) is 4.18. The Hall–Kier alpha value is -3.74. The van der Waals surface area contributed by atoms with Crippen LogP contribution in [0.1, 0.15) is 27.0 Å². The fourth-order valence-corrected chi connectivity index (χ4v) is 4.09. The lowest BCUT2D eigenvalue weighted by molar-refractivity contribution is 0.0697. The van der Waals surface area contributed by atoms with Crippen molar-refractivity contribution in [1.29, 1.82) is 0 Å². The number of fused-ring (bicyclic) bond motifs is 3. The molecule has 1 aromatic heterocycles. The minimum atomic E-state index is -1.11. The van der Waals surface area contributed by atoms with Crippen molar-refractivity contribution in [3.63, 3.8) is 0 Å². The van der Waals surface area contributed by atoms with Crippen LogP contribution in [0.15, 0.2) is 77.9 Å². The van der Waals surface area contributed by atoms with Gasteiger partial charge in [0.2, 0.25) is 5.95 Å². The van der Waals surface area contributed by atoms with Crippen LogP contribution in [0.5, 0.6) is 0 Å². The molecule has 0 saturated heterocycles. The highest BCUT2D eigenvalue weighted by molar-refractivity contribution is 6.33. The second-order valence-electron chi connectivity index (χ2n) is 7.41. The Bertz CT molecular complexity index is 1420. The molecule has 0 spiro atoms. The summed E-state index contributed by atoms with van der Waals surface area (Å²) in [6, 6.07) is 20.2. The lowest BCUT2D eigenvalue weighted by Gasteiger charge is -2.13. The summed E-state index contributed by atoms with van der Waals surface area (Å²) < 4.78 is 0. The lowest BCUT2D eigenvalue weighted by Crippen LogP contribution is -2.05. The Kier molecular flexibility index (Phi) is 5.54. The van der Waals surface area contributed by atoms with Crippen LogP contribution in [-0.2, 0) is 6.54 Å². The molecular weight excluding hydrogens is 459 g/mol. The van der Waals surface area contributed by atoms with Gasteiger partial charge in [0.1, 0.15) is 0 Å². The number of benzene rings is 3. The second-order valence-corrected chi connectivity index (χ2v) is 8.26. The van der Waals surface area contributed by atoms with E-state index in [1.165, 1.54) is 12.1 Å². The normalized spacial score (nSPS) is 12.2. The van der Waals surface area contributed by atoms with Gasteiger partial charge in [-0.25, -0.2) is 14.8 Å². The monoisotopic (exact) mass is 474 g/mol. The average molecular weight is 475 g/mol. The molecule has 0 atom stereocenters. The molecule has 1 aliphatic heterocycles. The average Bonchev–Trinajstić information content (AvgIpc) is 2.97. The van der Waals surface area contributed by atoms with Crippen molar-refractivity contribution in [2.75, 3.05) is 5.32 Å². The molecule has 3 aromatic carbocycles. The van der Waals surface area contributed by atoms with Crippen LogP contribution in [-0.4, -0.2) is 26.8 Å². The van der Waals surface area contributed by atoms with Gasteiger partial charge in [0.15, 0.2) is 0 Å². The predicted molar refractivity (Wildman–Crippen MR) is 130 cm³/mol. The Balaban J connectivity index is 1.58. The zero-order valence-electron chi connectivity index (χ0n) is 17.1. The van der Waals surface area contributed by atoms with Gasteiger partial charge in [0.25, 0.3) is 0 Å². The molecule has 162 valence electrons. The maximum Gasteiger partial charge on any atom is 0.337 e. The van der Waals surface area contributed by atoms with Gasteiger partial charge in [-0.2, -0.15) is 0 Å². The van der Waals surface area contributed by atoms with Gasteiger partial charge in [-0.05, 0) is 30.3 Å². The summed E-state index contributed by atoms with van der Waals surface area (Å²) >= 11 is 12.3. The number of carboxylic acid groups (broad SMARTS) is 1. The first-order valence-electron chi connectivity index (χ1n) is 10.1. The van der Waals surface area contributed by atoms with E-state index in [0.717, 1.165) is 33.7 Å². The van der Waals surface area contributed by atoms with Gasteiger partial charge < -0.3 is 10.4 Å². The van der Waals surface area contributed by atoms with E-state index < -0.39 is 5.97 Å². The van der Waals surface area contributed by atoms with E-state index in [1.54, 1.807) is 12.3 Å². The third-order valence-corrected chi connectivity index (χ3v) is 5.83. The van der Waals surface area contributed by atoms with Crippen molar-refractivity contribution < 1.29 is 9.90 Å². The number of aromatic carboxylic acids is 1. The van der Waals surface area contributed by atoms with E-state index >= 15 is 0 Å². The summed E-state index contributed by atoms with van der Waals surface area (Å²) in [5, 5.41) is 13.2. The van der Waals surface area contributed by atoms with Gasteiger partial charge in [-0.1, -0.05) is 59.6 Å². The molecule has 2 N–H and O–H groups in total. The van der Waals surface area contributed by atoms with Crippen LogP contribution in [0, 0.1) is 0 Å². The maximum atomic E-state index is 11.4. The first kappa shape index (κ1) is 21.1. The molecule has 0 unspecified atom stereocenters. The van der Waals surface area contributed by atoms with E-state index in [-0.39, 0.29) is 10.6 Å². The van der Waals surface area contributed by atoms with Crippen LogP contribution < -0.4 is 5.32 Å². The standard InChI is InChI=1S/C25H16Cl2N4O2/c26-16-6-8-18-19(10-16)22(14-4-2-1-3-5-14)28-12-15-13-29-25(31-23(15)18)30-17-7-9-21(27)20(11-17)24(32)33/h1-11,13H,12H2,(H,32,33)(H,29,30,31). The summed E-state index contributed by atoms with van der Waals surface area (Å²) in [6.45, 7) is 0.413. The first-order chi connectivity index (χ1) is 16.0. The molecule has 8 heteroatoms. The molecule has 6 nitrogen and oxygen atoms in total. The second kappa shape index (κ2) is 8.65. The number of carbonyl (C=O) groups is 1. The number of aliphatic imine (C=N–C) groups is 1. The molecule has 5 rings (SSSR count). The Morgan fingerprint density at radius 2 is 1.79 bits per heavy atom. The summed E-state index contributed by atoms with van der Waals surface area (Å²) in [7, 11) is 0. The number of hydrogen-bond acceptors (Lipinski definition) is 5. The fraction of sp³-hybridized carbons (Fsp3) is 0.0400. The Morgan fingerprint density at radius 1 is 0.970 bits per heavy atom. The van der Waals surface area contributed by atoms with Crippen molar-refractivity contribution >= 4 is 46.5 Å². The summed E-state index contributed by atoms with van der Waals surface area (Å²) in [6.07, 6.45) is 1.73. The van der Waals surface area contributed by atoms with Crippen LogP contribution in [0.4, 0.5) is 11.6 Å². The van der Waals surface area contributed by atoms with Gasteiger partial charge in [-0.3, -0.25) is 4.99 Å². The molecule has 0 saturated carbocycles. The summed E-state index contributed by atoms with van der Waals surface area (Å²) in [5.74, 6) is -0.778. The predicted octanol–water partition coefficient (Wildman–Crippen LogP) is 6.24. The number of hydrogen-bond donors (Lipinski definition) is 2. The van der Waals surface area contributed by atoms with Gasteiger partial charge >= 0.3 is 5.97 Å². The lowest BCUT2D eigenvalue weighted by atomic mass is 9.95. The number of nitrogens with zero attached hydrogens (tertiary/aromatic N) is 3. The SMILES string of the molecule is O=C(O)c1cc(Nc2ncc3c(n2)-c2ccc(Cl)cc2C(c2ccccc2)=NC3)ccc1Cl. The summed E-state index contributed by atoms with van der Waals surface area (Å²) in [4.78, 5) is 25.4. The van der Waals surface area contributed by atoms with E-state index in [0.29, 0.717) is 23.2 Å². The highest BCUT2D eigenvalue weighted by atomic mass is 35.5. The molecule has 2 heterocycles. The topological polar surface area (TPSA) is 87.5 Å². The highest BCUT2D eigenvalue weighted by Crippen LogP contribution is 2.34. The fourth-order valence-electron chi connectivity index (χ4n) is 3.72. The maximum absolute atomic E-state index is 11.4. The zero-order chi connectivity index (χ0) is 22.9. The molecule has 4 aromatic rings. The number of carboxylic acids is 1. The largest absolute Gasteiger partial charge is 0.478 e. The molecule has 1 aliphatic rings. The first-order valence-corrected chi connectivity index (χ1v) is 10.8. The van der Waals surface area contributed by atoms with Gasteiger partial charge in [0.05, 0.1) is 28.5 Å². The van der Waals surface area contributed by atoms with Crippen LogP contribution in [0.3, 0.4) is 0 Å². The van der Waals surface area contributed by atoms with E-state index in [4.69, 9.17) is 33.2 Å². The van der Waals surface area contributed by atoms with E-state index in [2.05, 4.69) is 10.3 Å². The van der Waals surface area contributed by atoms with Crippen molar-refractivity contribution in [3.8, 4) is 11.3 Å². The van der Waals surface area contributed by atoms with Crippen molar-refractivity contribution in [2.24, 2.45) is 4.99 Å². The van der Waals surface area contributed by atoms with Crippen molar-refractivity contribution in [2.45, 2.75) is 6.54 Å². The number of anilines is 2. The Labute approximate surface area is 199 Å². The molecule has 0 aliphatic carbocycles. The van der Waals surface area contributed by atoms with Crippen LogP contribution in [0.25, 0.3) is 11.3 Å². The number of nitrogens with one attached hydrogen (secondary N) is 1. The van der Waals surface area contributed by atoms with Gasteiger partial charge in [-0.15, -0.1) is 0 Å². The minimum Gasteiger partial charge on any atom is -0.478 e. The van der Waals surface area contributed by atoms with Crippen LogP contribution >= 0.6 is 23.2 Å². The number of halogens is 2. The molecular formula is C25H16Cl2N4O2. The molecule has 0 bridgehead atoms. The van der Waals surface area contributed by atoms with E-state index in [1.807, 2.05) is 48.5 Å². The number of aromatic nitrogens is 2. The molecule has 0 amide bonds. The Morgan fingerprint density at radius 3 is 2.58 bits per heavy atom. The molecule has 33 heavy (non-hydrogen) atoms. The summed E-state index contributed by atoms with van der Waals surface area (Å²) in [5.41, 5.74) is 5.73. The van der Waals surface area contributed by atoms with Gasteiger partial charge in [0, 0.05) is 39.2 Å². The molecule has 0 fully saturated rings. The zero-order valence-corrected chi connectivity index (χ0v) is 18.6. The number of rotatable bonds is 4. The van der Waals surface area contributed by atoms with Crippen molar-refractivity contribution in [1.82, 2.24) is 9.97 Å². The van der Waals surface area contributed by atoms with Crippen LogP contribution in [0.2, 0.25) is 10.0 Å². The minimum absolute atomic E-state index is 0.00248. The quantitative estimate of drug-likeness (QED) is 0.365. The van der Waals surface area contributed by atoms with Crippen molar-refractivity contribution in [3.05, 3.63) is 105 Å². The third-order valence-electron chi connectivity index (χ3n) is 5.26.